The fraction of sp³-hybridized carbons (Fsp3) is 0.688. The molecule has 3 rings (SSSR count). The summed E-state index contributed by atoms with van der Waals surface area (Å²) in [6.45, 7) is 7.28. The van der Waals surface area contributed by atoms with Gasteiger partial charge in [-0.25, -0.2) is 0 Å². The van der Waals surface area contributed by atoms with Crippen LogP contribution in [-0.2, 0) is 11.8 Å². The van der Waals surface area contributed by atoms with Gasteiger partial charge in [0.05, 0.1) is 11.9 Å². The van der Waals surface area contributed by atoms with Gasteiger partial charge < -0.3 is 15.1 Å². The van der Waals surface area contributed by atoms with Crippen molar-refractivity contribution >= 4 is 41.5 Å². The van der Waals surface area contributed by atoms with E-state index in [1.807, 2.05) is 18.1 Å². The molecule has 1 aromatic rings. The molecule has 0 spiro atoms. The molecule has 1 saturated heterocycles. The van der Waals surface area contributed by atoms with E-state index in [0.717, 1.165) is 24.7 Å². The van der Waals surface area contributed by atoms with Crippen molar-refractivity contribution in [3.63, 3.8) is 0 Å². The van der Waals surface area contributed by atoms with Gasteiger partial charge in [0.15, 0.2) is 5.96 Å². The van der Waals surface area contributed by atoms with E-state index in [1.54, 1.807) is 22.8 Å². The van der Waals surface area contributed by atoms with Crippen LogP contribution in [0.5, 0.6) is 0 Å². The van der Waals surface area contributed by atoms with Gasteiger partial charge in [-0.2, -0.15) is 5.10 Å². The molecule has 1 atom stereocenters. The fourth-order valence-corrected chi connectivity index (χ4v) is 3.15. The number of aliphatic imine (C=N–C) groups is 1. The number of piperazine rings is 1. The van der Waals surface area contributed by atoms with E-state index in [9.17, 15) is 4.79 Å². The number of nitrogens with one attached hydrogen (secondary N) is 1. The Balaban J connectivity index is 0.00000208. The third-order valence-corrected chi connectivity index (χ3v) is 4.96. The summed E-state index contributed by atoms with van der Waals surface area (Å²) in [6.07, 6.45) is 4.86. The number of aryl methyl sites for hydroxylation is 1. The molecule has 1 aliphatic heterocycles. The van der Waals surface area contributed by atoms with Gasteiger partial charge in [0, 0.05) is 39.9 Å². The smallest absolute Gasteiger partial charge is 0.246 e. The first-order chi connectivity index (χ1) is 10.9. The van der Waals surface area contributed by atoms with Crippen molar-refractivity contribution in [2.75, 3.05) is 38.1 Å². The van der Waals surface area contributed by atoms with Gasteiger partial charge in [-0.3, -0.25) is 14.5 Å². The maximum absolute atomic E-state index is 12.5. The summed E-state index contributed by atoms with van der Waals surface area (Å²) in [5.74, 6) is 1.61. The van der Waals surface area contributed by atoms with E-state index >= 15 is 0 Å². The largest absolute Gasteiger partial charge is 0.356 e. The van der Waals surface area contributed by atoms with Crippen LogP contribution in [0.2, 0.25) is 0 Å². The van der Waals surface area contributed by atoms with Gasteiger partial charge >= 0.3 is 0 Å². The standard InChI is InChI=1S/C16H26N6O.HI/c1-16(2)7-12(16)8-18-15(17-3)21-5-6-22(14(23)11-21)13-9-19-20(4)10-13;/h9-10,12H,5-8,11H2,1-4H3,(H,17,18);1H. The molecule has 8 heteroatoms. The van der Waals surface area contributed by atoms with Gasteiger partial charge in [0.1, 0.15) is 6.54 Å². The van der Waals surface area contributed by atoms with Crippen molar-refractivity contribution in [1.29, 1.82) is 0 Å². The van der Waals surface area contributed by atoms with Crippen molar-refractivity contribution < 1.29 is 4.79 Å². The van der Waals surface area contributed by atoms with Crippen LogP contribution in [0.25, 0.3) is 0 Å². The number of carbonyl (C=O) groups excluding carboxylic acids is 1. The molecule has 134 valence electrons. The van der Waals surface area contributed by atoms with Crippen LogP contribution in [0.4, 0.5) is 5.69 Å². The minimum atomic E-state index is 0. The number of rotatable bonds is 3. The molecule has 2 aliphatic rings. The molecule has 1 unspecified atom stereocenters. The number of carbonyl (C=O) groups is 1. The number of guanidine groups is 1. The second-order valence-corrected chi connectivity index (χ2v) is 7.16. The molecular weight excluding hydrogens is 419 g/mol. The molecular formula is C16H27IN6O. The Labute approximate surface area is 160 Å². The summed E-state index contributed by atoms with van der Waals surface area (Å²) < 4.78 is 1.72. The van der Waals surface area contributed by atoms with Gasteiger partial charge in [-0.05, 0) is 17.8 Å². The average Bonchev–Trinajstić information content (AvgIpc) is 2.90. The summed E-state index contributed by atoms with van der Waals surface area (Å²) in [7, 11) is 3.63. The Morgan fingerprint density at radius 1 is 1.46 bits per heavy atom. The van der Waals surface area contributed by atoms with E-state index in [-0.39, 0.29) is 29.9 Å². The molecule has 24 heavy (non-hydrogen) atoms. The fourth-order valence-electron chi connectivity index (χ4n) is 3.15. The van der Waals surface area contributed by atoms with Crippen molar-refractivity contribution in [2.24, 2.45) is 23.4 Å². The van der Waals surface area contributed by atoms with Crippen molar-refractivity contribution in [3.8, 4) is 0 Å². The third-order valence-electron chi connectivity index (χ3n) is 4.96. The first-order valence-electron chi connectivity index (χ1n) is 8.15. The summed E-state index contributed by atoms with van der Waals surface area (Å²) in [5, 5.41) is 7.56. The Bertz CT molecular complexity index is 626. The first kappa shape index (κ1) is 19.0. The van der Waals surface area contributed by atoms with Gasteiger partial charge in [-0.1, -0.05) is 13.8 Å². The van der Waals surface area contributed by atoms with Crippen molar-refractivity contribution in [2.45, 2.75) is 20.3 Å². The number of halogens is 1. The second kappa shape index (κ2) is 7.28. The van der Waals surface area contributed by atoms with Gasteiger partial charge in [0.25, 0.3) is 0 Å². The van der Waals surface area contributed by atoms with E-state index in [4.69, 9.17) is 0 Å². The maximum atomic E-state index is 12.5. The predicted octanol–water partition coefficient (Wildman–Crippen LogP) is 1.31. The van der Waals surface area contributed by atoms with Crippen LogP contribution in [0.3, 0.4) is 0 Å². The zero-order valence-corrected chi connectivity index (χ0v) is 17.2. The quantitative estimate of drug-likeness (QED) is 0.432. The number of amides is 1. The molecule has 1 saturated carbocycles. The average molecular weight is 446 g/mol. The molecule has 1 aromatic heterocycles. The minimum Gasteiger partial charge on any atom is -0.356 e. The number of aromatic nitrogens is 2. The Morgan fingerprint density at radius 2 is 2.17 bits per heavy atom. The van der Waals surface area contributed by atoms with Gasteiger partial charge in [-0.15, -0.1) is 24.0 Å². The summed E-state index contributed by atoms with van der Waals surface area (Å²) in [5.41, 5.74) is 1.31. The lowest BCUT2D eigenvalue weighted by Crippen LogP contribution is -2.55. The highest BCUT2D eigenvalue weighted by atomic mass is 127. The van der Waals surface area contributed by atoms with Crippen LogP contribution < -0.4 is 10.2 Å². The van der Waals surface area contributed by atoms with E-state index in [1.165, 1.54) is 6.42 Å². The highest BCUT2D eigenvalue weighted by Gasteiger charge is 2.45. The van der Waals surface area contributed by atoms with E-state index in [2.05, 4.69) is 29.3 Å². The first-order valence-corrected chi connectivity index (χ1v) is 8.15. The molecule has 1 aliphatic carbocycles. The number of nitrogens with zero attached hydrogens (tertiary/aromatic N) is 5. The van der Waals surface area contributed by atoms with Crippen LogP contribution in [0.15, 0.2) is 17.4 Å². The van der Waals surface area contributed by atoms with E-state index in [0.29, 0.717) is 24.4 Å². The molecule has 1 amide bonds. The molecule has 2 heterocycles. The number of hydrogen-bond acceptors (Lipinski definition) is 3. The number of hydrogen-bond donors (Lipinski definition) is 1. The zero-order chi connectivity index (χ0) is 16.6. The summed E-state index contributed by atoms with van der Waals surface area (Å²) >= 11 is 0. The summed E-state index contributed by atoms with van der Waals surface area (Å²) in [4.78, 5) is 20.6. The topological polar surface area (TPSA) is 65.8 Å². The van der Waals surface area contributed by atoms with Crippen LogP contribution in [0.1, 0.15) is 20.3 Å². The minimum absolute atomic E-state index is 0. The second-order valence-electron chi connectivity index (χ2n) is 7.16. The number of anilines is 1. The lowest BCUT2D eigenvalue weighted by Gasteiger charge is -2.35. The lowest BCUT2D eigenvalue weighted by molar-refractivity contribution is -0.120. The third kappa shape index (κ3) is 4.01. The van der Waals surface area contributed by atoms with Crippen LogP contribution in [0, 0.1) is 11.3 Å². The van der Waals surface area contributed by atoms with Crippen molar-refractivity contribution in [3.05, 3.63) is 12.4 Å². The highest BCUT2D eigenvalue weighted by Crippen LogP contribution is 2.50. The Kier molecular flexibility index (Phi) is 5.77. The van der Waals surface area contributed by atoms with Crippen molar-refractivity contribution in [1.82, 2.24) is 20.0 Å². The van der Waals surface area contributed by atoms with Crippen LogP contribution >= 0.6 is 24.0 Å². The molecule has 1 N–H and O–H groups in total. The monoisotopic (exact) mass is 446 g/mol. The zero-order valence-electron chi connectivity index (χ0n) is 14.8. The van der Waals surface area contributed by atoms with E-state index < -0.39 is 0 Å². The molecule has 2 fully saturated rings. The summed E-state index contributed by atoms with van der Waals surface area (Å²) in [6, 6.07) is 0. The Morgan fingerprint density at radius 3 is 2.67 bits per heavy atom. The highest BCUT2D eigenvalue weighted by molar-refractivity contribution is 14.0. The van der Waals surface area contributed by atoms with Crippen LogP contribution in [-0.4, -0.2) is 59.8 Å². The lowest BCUT2D eigenvalue weighted by atomic mass is 10.1. The molecule has 0 aromatic carbocycles. The molecule has 7 nitrogen and oxygen atoms in total. The molecule has 0 bridgehead atoms. The SMILES string of the molecule is CN=C(NCC1CC1(C)C)N1CCN(c2cnn(C)c2)C(=O)C1.I. The predicted molar refractivity (Wildman–Crippen MR) is 106 cm³/mol. The molecule has 0 radical (unpaired) electrons. The van der Waals surface area contributed by atoms with Gasteiger partial charge in [0.2, 0.25) is 5.91 Å². The maximum Gasteiger partial charge on any atom is 0.246 e. The Hall–Kier alpha value is -1.32. The normalized spacial score (nSPS) is 23.1.